The van der Waals surface area contributed by atoms with Gasteiger partial charge in [-0.25, -0.2) is 14.5 Å². The number of fused-ring (bicyclic) bond motifs is 3. The fourth-order valence-corrected chi connectivity index (χ4v) is 2.67. The van der Waals surface area contributed by atoms with E-state index in [0.29, 0.717) is 23.0 Å². The van der Waals surface area contributed by atoms with Crippen LogP contribution in [-0.2, 0) is 18.5 Å². The summed E-state index contributed by atoms with van der Waals surface area (Å²) in [5.41, 5.74) is 2.24. The molecule has 0 aliphatic carbocycles. The zero-order chi connectivity index (χ0) is 18.8. The van der Waals surface area contributed by atoms with Gasteiger partial charge in [0.25, 0.3) is 0 Å². The summed E-state index contributed by atoms with van der Waals surface area (Å²) < 4.78 is 13.8. The molecule has 0 aliphatic rings. The van der Waals surface area contributed by atoms with Gasteiger partial charge in [-0.15, -0.1) is 5.10 Å². The third-order valence-corrected chi connectivity index (χ3v) is 3.99. The van der Waals surface area contributed by atoms with E-state index in [2.05, 4.69) is 25.3 Å². The van der Waals surface area contributed by atoms with Crippen LogP contribution in [0.3, 0.4) is 0 Å². The maximum atomic E-state index is 5.32. The Kier molecular flexibility index (Phi) is 4.29. The van der Waals surface area contributed by atoms with Crippen molar-refractivity contribution in [2.24, 2.45) is 12.2 Å². The molecule has 4 aromatic rings. The zero-order valence-electron chi connectivity index (χ0n) is 15.0. The van der Waals surface area contributed by atoms with Crippen molar-refractivity contribution in [2.45, 2.75) is 6.61 Å². The highest BCUT2D eigenvalue weighted by Crippen LogP contribution is 2.26. The van der Waals surface area contributed by atoms with E-state index in [9.17, 15) is 0 Å². The first-order valence-electron chi connectivity index (χ1n) is 8.09. The van der Waals surface area contributed by atoms with Crippen molar-refractivity contribution in [3.63, 3.8) is 0 Å². The minimum atomic E-state index is 0.132. The van der Waals surface area contributed by atoms with Gasteiger partial charge in [0.1, 0.15) is 6.33 Å². The summed E-state index contributed by atoms with van der Waals surface area (Å²) in [6.45, 7) is 0.132. The van der Waals surface area contributed by atoms with Gasteiger partial charge in [-0.2, -0.15) is 5.10 Å². The van der Waals surface area contributed by atoms with E-state index in [1.165, 1.54) is 0 Å². The van der Waals surface area contributed by atoms with E-state index < -0.39 is 0 Å². The van der Waals surface area contributed by atoms with Gasteiger partial charge in [-0.3, -0.25) is 4.68 Å². The van der Waals surface area contributed by atoms with Gasteiger partial charge < -0.3 is 14.3 Å². The molecule has 0 unspecified atom stereocenters. The number of ether oxygens (including phenoxy) is 2. The number of methoxy groups -OCH3 is 2. The van der Waals surface area contributed by atoms with Crippen LogP contribution in [0.25, 0.3) is 16.7 Å². The van der Waals surface area contributed by atoms with Crippen molar-refractivity contribution < 1.29 is 14.3 Å². The van der Waals surface area contributed by atoms with E-state index in [-0.39, 0.29) is 6.61 Å². The molecular formula is C17H17N7O3. The fourth-order valence-electron chi connectivity index (χ4n) is 2.67. The Morgan fingerprint density at radius 2 is 2.00 bits per heavy atom. The van der Waals surface area contributed by atoms with Crippen molar-refractivity contribution in [2.75, 3.05) is 14.2 Å². The van der Waals surface area contributed by atoms with Crippen LogP contribution >= 0.6 is 0 Å². The molecule has 1 aromatic carbocycles. The predicted octanol–water partition coefficient (Wildman–Crippen LogP) is 1.58. The molecule has 27 heavy (non-hydrogen) atoms. The van der Waals surface area contributed by atoms with Gasteiger partial charge in [0.05, 0.1) is 32.0 Å². The van der Waals surface area contributed by atoms with Crippen LogP contribution in [0, 0.1) is 0 Å². The summed E-state index contributed by atoms with van der Waals surface area (Å²) in [6, 6.07) is 5.46. The van der Waals surface area contributed by atoms with Gasteiger partial charge in [-0.1, -0.05) is 5.16 Å². The molecule has 0 N–H and O–H groups in total. The average molecular weight is 367 g/mol. The summed E-state index contributed by atoms with van der Waals surface area (Å²) in [5, 5.41) is 13.3. The highest BCUT2D eigenvalue weighted by Gasteiger charge is 2.11. The zero-order valence-corrected chi connectivity index (χ0v) is 15.0. The lowest BCUT2D eigenvalue weighted by Gasteiger charge is -2.07. The number of oxime groups is 1. The summed E-state index contributed by atoms with van der Waals surface area (Å²) in [6.07, 6.45) is 4.90. The second kappa shape index (κ2) is 6.90. The first-order chi connectivity index (χ1) is 13.2. The van der Waals surface area contributed by atoms with E-state index >= 15 is 0 Å². The maximum Gasteiger partial charge on any atom is 0.192 e. The van der Waals surface area contributed by atoms with E-state index in [0.717, 1.165) is 16.6 Å². The first kappa shape index (κ1) is 16.8. The molecule has 0 aliphatic heterocycles. The summed E-state index contributed by atoms with van der Waals surface area (Å²) >= 11 is 0. The second-order valence-electron chi connectivity index (χ2n) is 5.67. The minimum absolute atomic E-state index is 0.132. The SMILES string of the molecule is COc1ccc(C=NOCc2nc3c4cnn(C)c4ncn3n2)cc1OC. The minimum Gasteiger partial charge on any atom is -0.493 e. The second-order valence-corrected chi connectivity index (χ2v) is 5.67. The first-order valence-corrected chi connectivity index (χ1v) is 8.09. The number of nitrogens with zero attached hydrogens (tertiary/aromatic N) is 7. The van der Waals surface area contributed by atoms with E-state index in [4.69, 9.17) is 14.3 Å². The highest BCUT2D eigenvalue weighted by molar-refractivity contribution is 5.88. The van der Waals surface area contributed by atoms with E-state index in [1.807, 2.05) is 13.1 Å². The van der Waals surface area contributed by atoms with Crippen LogP contribution in [-0.4, -0.2) is 49.8 Å². The van der Waals surface area contributed by atoms with Crippen LogP contribution in [0.1, 0.15) is 11.4 Å². The van der Waals surface area contributed by atoms with Gasteiger partial charge in [0.2, 0.25) is 0 Å². The predicted molar refractivity (Wildman–Crippen MR) is 97.0 cm³/mol. The summed E-state index contributed by atoms with van der Waals surface area (Å²) in [7, 11) is 5.00. The lowest BCUT2D eigenvalue weighted by atomic mass is 10.2. The summed E-state index contributed by atoms with van der Waals surface area (Å²) in [4.78, 5) is 14.1. The molecule has 0 spiro atoms. The van der Waals surface area contributed by atoms with Gasteiger partial charge in [-0.05, 0) is 18.2 Å². The van der Waals surface area contributed by atoms with Crippen LogP contribution in [0.15, 0.2) is 35.9 Å². The van der Waals surface area contributed by atoms with Crippen molar-refractivity contribution >= 4 is 22.9 Å². The molecule has 3 heterocycles. The number of hydrogen-bond acceptors (Lipinski definition) is 8. The molecule has 0 radical (unpaired) electrons. The normalized spacial score (nSPS) is 11.5. The number of aryl methyl sites for hydroxylation is 1. The molecule has 0 fully saturated rings. The Balaban J connectivity index is 1.47. The molecule has 10 nitrogen and oxygen atoms in total. The molecule has 4 rings (SSSR count). The standard InChI is InChI=1S/C17H17N7O3/c1-23-16-12(8-19-23)17-21-15(22-24(17)10-18-16)9-27-20-7-11-4-5-13(25-2)14(6-11)26-3/h4-8,10H,9H2,1-3H3. The lowest BCUT2D eigenvalue weighted by Crippen LogP contribution is -1.95. The quantitative estimate of drug-likeness (QED) is 0.377. The monoisotopic (exact) mass is 367 g/mol. The third-order valence-electron chi connectivity index (χ3n) is 3.99. The molecule has 138 valence electrons. The van der Waals surface area contributed by atoms with Crippen LogP contribution in [0.2, 0.25) is 0 Å². The molecule has 0 amide bonds. The largest absolute Gasteiger partial charge is 0.493 e. The average Bonchev–Trinajstić information content (AvgIpc) is 3.28. The number of hydrogen-bond donors (Lipinski definition) is 0. The molecule has 3 aromatic heterocycles. The van der Waals surface area contributed by atoms with Crippen LogP contribution in [0.4, 0.5) is 0 Å². The Morgan fingerprint density at radius 3 is 2.81 bits per heavy atom. The lowest BCUT2D eigenvalue weighted by molar-refractivity contribution is 0.126. The topological polar surface area (TPSA) is 101 Å². The molecule has 0 saturated carbocycles. The Hall–Kier alpha value is -3.69. The number of rotatable bonds is 6. The fraction of sp³-hybridized carbons (Fsp3) is 0.235. The van der Waals surface area contributed by atoms with Crippen LogP contribution in [0.5, 0.6) is 11.5 Å². The van der Waals surface area contributed by atoms with Gasteiger partial charge in [0.15, 0.2) is 35.2 Å². The van der Waals surface area contributed by atoms with E-state index in [1.54, 1.807) is 54.3 Å². The molecule has 10 heteroatoms. The number of benzene rings is 1. The Labute approximate surface area is 154 Å². The Bertz CT molecular complexity index is 1130. The molecular weight excluding hydrogens is 350 g/mol. The van der Waals surface area contributed by atoms with Crippen LogP contribution < -0.4 is 9.47 Å². The maximum absolute atomic E-state index is 5.32. The summed E-state index contributed by atoms with van der Waals surface area (Å²) in [5.74, 6) is 1.77. The molecule has 0 saturated heterocycles. The van der Waals surface area contributed by atoms with Crippen molar-refractivity contribution in [1.82, 2.24) is 29.4 Å². The smallest absolute Gasteiger partial charge is 0.192 e. The Morgan fingerprint density at radius 1 is 1.15 bits per heavy atom. The molecule has 0 atom stereocenters. The van der Waals surface area contributed by atoms with Crippen molar-refractivity contribution in [3.8, 4) is 11.5 Å². The van der Waals surface area contributed by atoms with Gasteiger partial charge in [0, 0.05) is 12.6 Å². The van der Waals surface area contributed by atoms with Crippen molar-refractivity contribution in [1.29, 1.82) is 0 Å². The number of aromatic nitrogens is 6. The molecule has 0 bridgehead atoms. The van der Waals surface area contributed by atoms with Gasteiger partial charge >= 0.3 is 0 Å². The van der Waals surface area contributed by atoms with Crippen molar-refractivity contribution in [3.05, 3.63) is 42.1 Å². The highest BCUT2D eigenvalue weighted by atomic mass is 16.6. The third kappa shape index (κ3) is 3.12.